The predicted octanol–water partition coefficient (Wildman–Crippen LogP) is 2.48. The van der Waals surface area contributed by atoms with Crippen molar-refractivity contribution in [2.45, 2.75) is 51.0 Å². The number of nitrogens with one attached hydrogen (secondary N) is 2. The molecule has 1 aliphatic carbocycles. The third-order valence-corrected chi connectivity index (χ3v) is 4.49. The second-order valence-electron chi connectivity index (χ2n) is 6.35. The van der Waals surface area contributed by atoms with E-state index in [1.807, 2.05) is 6.92 Å². The zero-order chi connectivity index (χ0) is 18.4. The lowest BCUT2D eigenvalue weighted by atomic mass is 9.80. The Hall–Kier alpha value is -2.44. The van der Waals surface area contributed by atoms with Crippen molar-refractivity contribution in [3.63, 3.8) is 0 Å². The standard InChI is InChI=1S/C18H23FN2O4/c1-2-10-20-17(25)18(8-4-3-5-9-18)21-15(22)13-7-6-12(16(23)24)11-14(13)19/h6-7,11H,2-5,8-10H2,1H3,(H,20,25)(H,21,22)(H,23,24). The normalized spacial score (nSPS) is 16.1. The van der Waals surface area contributed by atoms with Crippen LogP contribution < -0.4 is 10.6 Å². The van der Waals surface area contributed by atoms with Gasteiger partial charge in [-0.15, -0.1) is 0 Å². The van der Waals surface area contributed by atoms with Crippen molar-refractivity contribution in [3.05, 3.63) is 35.1 Å². The number of amides is 2. The first-order valence-corrected chi connectivity index (χ1v) is 8.53. The van der Waals surface area contributed by atoms with Crippen LogP contribution in [0.15, 0.2) is 18.2 Å². The van der Waals surface area contributed by atoms with Gasteiger partial charge in [0.15, 0.2) is 0 Å². The Labute approximate surface area is 145 Å². The van der Waals surface area contributed by atoms with Gasteiger partial charge in [0, 0.05) is 6.54 Å². The van der Waals surface area contributed by atoms with Crippen molar-refractivity contribution in [2.24, 2.45) is 0 Å². The van der Waals surface area contributed by atoms with Gasteiger partial charge in [0.05, 0.1) is 11.1 Å². The molecule has 0 aromatic heterocycles. The second kappa shape index (κ2) is 8.09. The number of hydrogen-bond acceptors (Lipinski definition) is 3. The third kappa shape index (κ3) is 4.35. The minimum Gasteiger partial charge on any atom is -0.478 e. The molecule has 6 nitrogen and oxygen atoms in total. The maximum Gasteiger partial charge on any atom is 0.335 e. The van der Waals surface area contributed by atoms with Gasteiger partial charge in [-0.2, -0.15) is 0 Å². The molecule has 7 heteroatoms. The summed E-state index contributed by atoms with van der Waals surface area (Å²) in [4.78, 5) is 36.0. The van der Waals surface area contributed by atoms with Crippen LogP contribution in [0.1, 0.15) is 66.2 Å². The molecule has 136 valence electrons. The summed E-state index contributed by atoms with van der Waals surface area (Å²) in [5, 5.41) is 14.4. The molecule has 0 aliphatic heterocycles. The van der Waals surface area contributed by atoms with Gasteiger partial charge in [-0.3, -0.25) is 9.59 Å². The first kappa shape index (κ1) is 18.9. The number of aromatic carboxylic acids is 1. The SMILES string of the molecule is CCCNC(=O)C1(NC(=O)c2ccc(C(=O)O)cc2F)CCCCC1. The molecular formula is C18H23FN2O4. The fourth-order valence-corrected chi connectivity index (χ4v) is 3.09. The fraction of sp³-hybridized carbons (Fsp3) is 0.500. The van der Waals surface area contributed by atoms with E-state index in [0.717, 1.165) is 37.8 Å². The van der Waals surface area contributed by atoms with Crippen LogP contribution in [0.3, 0.4) is 0 Å². The molecule has 25 heavy (non-hydrogen) atoms. The summed E-state index contributed by atoms with van der Waals surface area (Å²) >= 11 is 0. The number of carbonyl (C=O) groups excluding carboxylic acids is 2. The summed E-state index contributed by atoms with van der Waals surface area (Å²) in [7, 11) is 0. The molecule has 2 rings (SSSR count). The molecule has 1 saturated carbocycles. The molecule has 1 aromatic rings. The zero-order valence-electron chi connectivity index (χ0n) is 14.2. The lowest BCUT2D eigenvalue weighted by Gasteiger charge is -2.36. The van der Waals surface area contributed by atoms with E-state index in [9.17, 15) is 18.8 Å². The van der Waals surface area contributed by atoms with E-state index in [2.05, 4.69) is 10.6 Å². The average Bonchev–Trinajstić information content (AvgIpc) is 2.60. The molecule has 0 radical (unpaired) electrons. The number of rotatable bonds is 6. The zero-order valence-corrected chi connectivity index (χ0v) is 14.2. The summed E-state index contributed by atoms with van der Waals surface area (Å²) in [5.74, 6) is -3.14. The van der Waals surface area contributed by atoms with E-state index in [-0.39, 0.29) is 17.0 Å². The Morgan fingerprint density at radius 2 is 1.88 bits per heavy atom. The second-order valence-corrected chi connectivity index (χ2v) is 6.35. The first-order valence-electron chi connectivity index (χ1n) is 8.53. The summed E-state index contributed by atoms with van der Waals surface area (Å²) in [6.07, 6.45) is 4.38. The van der Waals surface area contributed by atoms with E-state index in [1.165, 1.54) is 6.07 Å². The van der Waals surface area contributed by atoms with Gasteiger partial charge in [0.25, 0.3) is 5.91 Å². The summed E-state index contributed by atoms with van der Waals surface area (Å²) in [5.41, 5.74) is -1.54. The highest BCUT2D eigenvalue weighted by molar-refractivity contribution is 6.00. The average molecular weight is 350 g/mol. The van der Waals surface area contributed by atoms with Crippen LogP contribution in [0.25, 0.3) is 0 Å². The van der Waals surface area contributed by atoms with Crippen molar-refractivity contribution >= 4 is 17.8 Å². The molecule has 3 N–H and O–H groups in total. The van der Waals surface area contributed by atoms with Gasteiger partial charge in [-0.25, -0.2) is 9.18 Å². The van der Waals surface area contributed by atoms with Gasteiger partial charge in [0.2, 0.25) is 5.91 Å². The first-order chi connectivity index (χ1) is 11.9. The molecule has 0 unspecified atom stereocenters. The number of hydrogen-bond donors (Lipinski definition) is 3. The van der Waals surface area contributed by atoms with E-state index in [4.69, 9.17) is 5.11 Å². The van der Waals surface area contributed by atoms with Crippen LogP contribution in [-0.4, -0.2) is 35.0 Å². The molecule has 1 aromatic carbocycles. The molecule has 1 fully saturated rings. The molecule has 1 aliphatic rings. The largest absolute Gasteiger partial charge is 0.478 e. The van der Waals surface area contributed by atoms with Crippen molar-refractivity contribution in [2.75, 3.05) is 6.54 Å². The maximum absolute atomic E-state index is 14.1. The molecule has 2 amide bonds. The molecule has 0 spiro atoms. The van der Waals surface area contributed by atoms with Crippen LogP contribution in [0, 0.1) is 5.82 Å². The maximum atomic E-state index is 14.1. The Morgan fingerprint density at radius 1 is 1.20 bits per heavy atom. The molecular weight excluding hydrogens is 327 g/mol. The van der Waals surface area contributed by atoms with E-state index in [0.29, 0.717) is 19.4 Å². The minimum atomic E-state index is -1.27. The highest BCUT2D eigenvalue weighted by atomic mass is 19.1. The number of carboxylic acids is 1. The van der Waals surface area contributed by atoms with E-state index < -0.39 is 23.2 Å². The van der Waals surface area contributed by atoms with Crippen LogP contribution in [-0.2, 0) is 4.79 Å². The van der Waals surface area contributed by atoms with Gasteiger partial charge in [0.1, 0.15) is 11.4 Å². The number of benzene rings is 1. The molecule has 0 saturated heterocycles. The summed E-state index contributed by atoms with van der Waals surface area (Å²) < 4.78 is 14.1. The van der Waals surface area contributed by atoms with Gasteiger partial charge >= 0.3 is 5.97 Å². The third-order valence-electron chi connectivity index (χ3n) is 4.49. The highest BCUT2D eigenvalue weighted by Gasteiger charge is 2.41. The lowest BCUT2D eigenvalue weighted by molar-refractivity contribution is -0.128. The molecule has 0 heterocycles. The van der Waals surface area contributed by atoms with Crippen LogP contribution in [0.4, 0.5) is 4.39 Å². The number of carbonyl (C=O) groups is 3. The predicted molar refractivity (Wildman–Crippen MR) is 89.9 cm³/mol. The van der Waals surface area contributed by atoms with E-state index in [1.54, 1.807) is 0 Å². The quantitative estimate of drug-likeness (QED) is 0.734. The molecule has 0 atom stereocenters. The lowest BCUT2D eigenvalue weighted by Crippen LogP contribution is -2.59. The summed E-state index contributed by atoms with van der Waals surface area (Å²) in [6.45, 7) is 2.45. The van der Waals surface area contributed by atoms with Gasteiger partial charge in [-0.1, -0.05) is 26.2 Å². The Kier molecular flexibility index (Phi) is 6.12. The Balaban J connectivity index is 2.22. The number of halogens is 1. The minimum absolute atomic E-state index is 0.234. The number of carboxylic acid groups (broad SMARTS) is 1. The van der Waals surface area contributed by atoms with Gasteiger partial charge < -0.3 is 15.7 Å². The van der Waals surface area contributed by atoms with E-state index >= 15 is 0 Å². The van der Waals surface area contributed by atoms with Crippen molar-refractivity contribution in [1.29, 1.82) is 0 Å². The highest BCUT2D eigenvalue weighted by Crippen LogP contribution is 2.29. The monoisotopic (exact) mass is 350 g/mol. The Morgan fingerprint density at radius 3 is 2.44 bits per heavy atom. The Bertz CT molecular complexity index is 669. The van der Waals surface area contributed by atoms with Crippen molar-refractivity contribution < 1.29 is 23.9 Å². The van der Waals surface area contributed by atoms with Crippen LogP contribution in [0.2, 0.25) is 0 Å². The summed E-state index contributed by atoms with van der Waals surface area (Å²) in [6, 6.07) is 3.11. The van der Waals surface area contributed by atoms with Crippen LogP contribution >= 0.6 is 0 Å². The smallest absolute Gasteiger partial charge is 0.335 e. The molecule has 0 bridgehead atoms. The fourth-order valence-electron chi connectivity index (χ4n) is 3.09. The topological polar surface area (TPSA) is 95.5 Å². The van der Waals surface area contributed by atoms with Crippen molar-refractivity contribution in [1.82, 2.24) is 10.6 Å². The van der Waals surface area contributed by atoms with Crippen LogP contribution in [0.5, 0.6) is 0 Å². The van der Waals surface area contributed by atoms with Gasteiger partial charge in [-0.05, 0) is 37.5 Å². The van der Waals surface area contributed by atoms with Crippen molar-refractivity contribution in [3.8, 4) is 0 Å².